The number of pyridine rings is 1. The lowest BCUT2D eigenvalue weighted by Crippen LogP contribution is -2.29. The van der Waals surface area contributed by atoms with Crippen molar-refractivity contribution in [3.8, 4) is 0 Å². The van der Waals surface area contributed by atoms with E-state index in [0.29, 0.717) is 12.6 Å². The van der Waals surface area contributed by atoms with Gasteiger partial charge >= 0.3 is 0 Å². The monoisotopic (exact) mass is 274 g/mol. The van der Waals surface area contributed by atoms with E-state index in [1.807, 2.05) is 18.2 Å². The molecule has 20 heavy (non-hydrogen) atoms. The van der Waals surface area contributed by atoms with Crippen LogP contribution in [0.1, 0.15) is 18.5 Å². The third-order valence-electron chi connectivity index (χ3n) is 3.85. The number of aromatic nitrogens is 2. The Labute approximate surface area is 119 Å². The average molecular weight is 274 g/mol. The molecule has 0 amide bonds. The predicted octanol–water partition coefficient (Wildman–Crippen LogP) is 1.45. The van der Waals surface area contributed by atoms with Crippen LogP contribution in [0.15, 0.2) is 24.4 Å². The molecule has 1 unspecified atom stereocenters. The molecule has 3 heterocycles. The van der Waals surface area contributed by atoms with Gasteiger partial charge in [0.05, 0.1) is 11.8 Å². The van der Waals surface area contributed by atoms with Gasteiger partial charge in [0.2, 0.25) is 0 Å². The molecule has 0 spiro atoms. The zero-order chi connectivity index (χ0) is 13.9. The van der Waals surface area contributed by atoms with Gasteiger partial charge in [-0.05, 0) is 31.5 Å². The molecule has 2 N–H and O–H groups in total. The van der Waals surface area contributed by atoms with Gasteiger partial charge in [0.25, 0.3) is 0 Å². The lowest BCUT2D eigenvalue weighted by atomic mass is 10.2. The Bertz CT molecular complexity index is 574. The molecular formula is C15H22N4O. The van der Waals surface area contributed by atoms with Crippen molar-refractivity contribution < 1.29 is 4.74 Å². The van der Waals surface area contributed by atoms with Crippen LogP contribution >= 0.6 is 0 Å². The molecule has 0 saturated carbocycles. The molecule has 3 rings (SSSR count). The highest BCUT2D eigenvalue weighted by molar-refractivity contribution is 5.55. The molecule has 1 saturated heterocycles. The second-order valence-corrected chi connectivity index (χ2v) is 5.37. The van der Waals surface area contributed by atoms with E-state index in [0.717, 1.165) is 37.5 Å². The Hall–Kier alpha value is -1.59. The number of nitrogens with two attached hydrogens (primary N) is 1. The van der Waals surface area contributed by atoms with Crippen LogP contribution < -0.4 is 10.6 Å². The molecule has 0 aliphatic carbocycles. The first-order chi connectivity index (χ1) is 9.79. The normalized spacial score (nSPS) is 18.8. The number of hydrogen-bond acceptors (Lipinski definition) is 4. The van der Waals surface area contributed by atoms with E-state index in [2.05, 4.69) is 22.5 Å². The summed E-state index contributed by atoms with van der Waals surface area (Å²) >= 11 is 0. The summed E-state index contributed by atoms with van der Waals surface area (Å²) in [6.45, 7) is 2.41. The van der Waals surface area contributed by atoms with Crippen LogP contribution in [-0.4, -0.2) is 42.2 Å². The minimum absolute atomic E-state index is 0.329. The Morgan fingerprint density at radius 3 is 3.15 bits per heavy atom. The van der Waals surface area contributed by atoms with E-state index in [4.69, 9.17) is 15.5 Å². The molecule has 0 aromatic carbocycles. The summed E-state index contributed by atoms with van der Waals surface area (Å²) in [4.78, 5) is 6.95. The lowest BCUT2D eigenvalue weighted by Gasteiger charge is -2.21. The largest absolute Gasteiger partial charge is 0.376 e. The van der Waals surface area contributed by atoms with E-state index in [-0.39, 0.29) is 0 Å². The van der Waals surface area contributed by atoms with Crippen molar-refractivity contribution >= 4 is 11.5 Å². The minimum Gasteiger partial charge on any atom is -0.376 e. The van der Waals surface area contributed by atoms with Crippen molar-refractivity contribution in [1.82, 2.24) is 9.38 Å². The number of anilines is 1. The Morgan fingerprint density at radius 1 is 1.50 bits per heavy atom. The number of likely N-dealkylation sites (N-methyl/N-ethyl adjacent to an activating group) is 1. The van der Waals surface area contributed by atoms with Crippen LogP contribution in [0.4, 0.5) is 5.82 Å². The van der Waals surface area contributed by atoms with Gasteiger partial charge in [-0.25, -0.2) is 4.98 Å². The molecule has 0 radical (unpaired) electrons. The first-order valence-electron chi connectivity index (χ1n) is 7.28. The number of nitrogens with zero attached hydrogens (tertiary/aromatic N) is 3. The van der Waals surface area contributed by atoms with Gasteiger partial charge < -0.3 is 19.8 Å². The van der Waals surface area contributed by atoms with E-state index < -0.39 is 0 Å². The molecular weight excluding hydrogens is 252 g/mol. The third kappa shape index (κ3) is 2.51. The first kappa shape index (κ1) is 13.4. The van der Waals surface area contributed by atoms with Crippen LogP contribution in [0.2, 0.25) is 0 Å². The minimum atomic E-state index is 0.329. The number of rotatable bonds is 5. The van der Waals surface area contributed by atoms with Crippen molar-refractivity contribution in [2.45, 2.75) is 25.4 Å². The fraction of sp³-hybridized carbons (Fsp3) is 0.533. The Morgan fingerprint density at radius 2 is 2.40 bits per heavy atom. The van der Waals surface area contributed by atoms with Gasteiger partial charge in [0.1, 0.15) is 5.65 Å². The Kier molecular flexibility index (Phi) is 3.89. The maximum Gasteiger partial charge on any atom is 0.151 e. The second kappa shape index (κ2) is 5.81. The van der Waals surface area contributed by atoms with Gasteiger partial charge in [-0.1, -0.05) is 6.07 Å². The third-order valence-corrected chi connectivity index (χ3v) is 3.85. The van der Waals surface area contributed by atoms with E-state index in [1.165, 1.54) is 12.1 Å². The fourth-order valence-electron chi connectivity index (χ4n) is 2.89. The topological polar surface area (TPSA) is 55.8 Å². The molecule has 1 fully saturated rings. The van der Waals surface area contributed by atoms with Crippen molar-refractivity contribution in [3.05, 3.63) is 30.1 Å². The van der Waals surface area contributed by atoms with Crippen molar-refractivity contribution in [2.24, 2.45) is 5.73 Å². The first-order valence-corrected chi connectivity index (χ1v) is 7.28. The molecule has 2 aromatic rings. The van der Waals surface area contributed by atoms with Gasteiger partial charge in [-0.3, -0.25) is 0 Å². The van der Waals surface area contributed by atoms with Gasteiger partial charge in [0, 0.05) is 32.8 Å². The number of hydrogen-bond donors (Lipinski definition) is 1. The number of ether oxygens (including phenoxy) is 1. The number of imidazole rings is 1. The summed E-state index contributed by atoms with van der Waals surface area (Å²) in [6, 6.07) is 6.07. The molecule has 0 bridgehead atoms. The predicted molar refractivity (Wildman–Crippen MR) is 80.2 cm³/mol. The molecule has 1 atom stereocenters. The van der Waals surface area contributed by atoms with Crippen LogP contribution in [0.3, 0.4) is 0 Å². The van der Waals surface area contributed by atoms with Crippen molar-refractivity contribution in [3.63, 3.8) is 0 Å². The van der Waals surface area contributed by atoms with Crippen molar-refractivity contribution in [1.29, 1.82) is 0 Å². The molecule has 1 aliphatic heterocycles. The van der Waals surface area contributed by atoms with Crippen LogP contribution in [0, 0.1) is 0 Å². The highest BCUT2D eigenvalue weighted by Gasteiger charge is 2.21. The fourth-order valence-corrected chi connectivity index (χ4v) is 2.89. The van der Waals surface area contributed by atoms with Gasteiger partial charge in [-0.15, -0.1) is 0 Å². The molecule has 108 valence electrons. The maximum atomic E-state index is 5.76. The average Bonchev–Trinajstić information content (AvgIpc) is 3.07. The molecule has 5 heteroatoms. The Balaban J connectivity index is 1.90. The summed E-state index contributed by atoms with van der Waals surface area (Å²) < 4.78 is 7.85. The van der Waals surface area contributed by atoms with Crippen LogP contribution in [0.5, 0.6) is 0 Å². The van der Waals surface area contributed by atoms with Crippen molar-refractivity contribution in [2.75, 3.05) is 31.6 Å². The smallest absolute Gasteiger partial charge is 0.151 e. The summed E-state index contributed by atoms with van der Waals surface area (Å²) in [7, 11) is 2.09. The molecule has 1 aliphatic rings. The second-order valence-electron chi connectivity index (χ2n) is 5.37. The van der Waals surface area contributed by atoms with Gasteiger partial charge in [0.15, 0.2) is 5.82 Å². The van der Waals surface area contributed by atoms with Crippen LogP contribution in [-0.2, 0) is 11.2 Å². The lowest BCUT2D eigenvalue weighted by molar-refractivity contribution is 0.116. The zero-order valence-electron chi connectivity index (χ0n) is 12.0. The van der Waals surface area contributed by atoms with E-state index in [9.17, 15) is 0 Å². The summed E-state index contributed by atoms with van der Waals surface area (Å²) in [6.07, 6.45) is 5.52. The highest BCUT2D eigenvalue weighted by Crippen LogP contribution is 2.23. The summed E-state index contributed by atoms with van der Waals surface area (Å²) in [5.74, 6) is 1.03. The zero-order valence-corrected chi connectivity index (χ0v) is 12.0. The van der Waals surface area contributed by atoms with E-state index in [1.54, 1.807) is 0 Å². The SMILES string of the molecule is CN(CC1CCCO1)c1nc2ccccn2c1CCN. The molecule has 2 aromatic heterocycles. The quantitative estimate of drug-likeness (QED) is 0.896. The maximum absolute atomic E-state index is 5.76. The van der Waals surface area contributed by atoms with Crippen LogP contribution in [0.25, 0.3) is 5.65 Å². The summed E-state index contributed by atoms with van der Waals surface area (Å²) in [5, 5.41) is 0. The highest BCUT2D eigenvalue weighted by atomic mass is 16.5. The van der Waals surface area contributed by atoms with E-state index >= 15 is 0 Å². The molecule has 5 nitrogen and oxygen atoms in total. The number of fused-ring (bicyclic) bond motifs is 1. The summed E-state index contributed by atoms with van der Waals surface area (Å²) in [5.41, 5.74) is 7.92. The van der Waals surface area contributed by atoms with Gasteiger partial charge in [-0.2, -0.15) is 0 Å². The standard InChI is InChI=1S/C15H22N4O/c1-18(11-12-5-4-10-20-12)15-13(7-8-16)19-9-3-2-6-14(19)17-15/h2-3,6,9,12H,4-5,7-8,10-11,16H2,1H3.